The second kappa shape index (κ2) is 19.7. The van der Waals surface area contributed by atoms with Gasteiger partial charge in [-0.05, 0) is 87.3 Å². The van der Waals surface area contributed by atoms with E-state index in [1.165, 1.54) is 0 Å². The topological polar surface area (TPSA) is 158 Å². The van der Waals surface area contributed by atoms with E-state index in [2.05, 4.69) is 61.5 Å². The minimum atomic E-state index is -4.32. The zero-order chi connectivity index (χ0) is 41.9. The quantitative estimate of drug-likeness (QED) is 0.0948. The van der Waals surface area contributed by atoms with Gasteiger partial charge in [0.2, 0.25) is 5.69 Å². The molecule has 2 aromatic carbocycles. The molecule has 0 fully saturated rings. The Balaban J connectivity index is 0.00000744. The fraction of sp³-hybridized carbons (Fsp3) is 0.500. The van der Waals surface area contributed by atoms with Crippen molar-refractivity contribution in [2.75, 3.05) is 57.9 Å². The van der Waals surface area contributed by atoms with Crippen molar-refractivity contribution in [3.8, 4) is 23.0 Å². The normalized spacial score (nSPS) is 18.8. The molecule has 2 aliphatic heterocycles. The predicted octanol–water partition coefficient (Wildman–Crippen LogP) is 4.59. The van der Waals surface area contributed by atoms with Gasteiger partial charge in [0.25, 0.3) is 0 Å². The number of rotatable bonds is 17. The van der Waals surface area contributed by atoms with Gasteiger partial charge in [-0.2, -0.15) is 4.58 Å². The van der Waals surface area contributed by atoms with Crippen molar-refractivity contribution in [3.05, 3.63) is 81.6 Å². The van der Waals surface area contributed by atoms with E-state index >= 15 is 0 Å². The van der Waals surface area contributed by atoms with Crippen LogP contribution in [0.15, 0.2) is 70.4 Å². The summed E-state index contributed by atoms with van der Waals surface area (Å²) in [6.45, 7) is 9.51. The van der Waals surface area contributed by atoms with Gasteiger partial charge in [0.1, 0.15) is 6.54 Å². The van der Waals surface area contributed by atoms with Gasteiger partial charge in [-0.15, -0.1) is 0 Å². The van der Waals surface area contributed by atoms with Crippen LogP contribution >= 0.6 is 11.6 Å². The van der Waals surface area contributed by atoms with Crippen LogP contribution in [0, 0.1) is 0 Å². The van der Waals surface area contributed by atoms with Gasteiger partial charge in [-0.25, -0.2) is 16.8 Å². The molecule has 312 valence electrons. The molecule has 0 unspecified atom stereocenters. The first-order chi connectivity index (χ1) is 26.8. The summed E-state index contributed by atoms with van der Waals surface area (Å²) in [5.74, 6) is 1.53. The molecule has 0 radical (unpaired) electrons. The molecule has 0 bridgehead atoms. The van der Waals surface area contributed by atoms with E-state index in [0.29, 0.717) is 54.0 Å². The Labute approximate surface area is 391 Å². The third-order valence-electron chi connectivity index (χ3n) is 11.2. The molecule has 0 aromatic heterocycles. The number of anilines is 1. The van der Waals surface area contributed by atoms with Crippen LogP contribution in [0.1, 0.15) is 83.8 Å². The number of ether oxygens (including phenoxy) is 4. The molecule has 0 saturated carbocycles. The Morgan fingerprint density at radius 1 is 0.741 bits per heavy atom. The first kappa shape index (κ1) is 48.5. The molecule has 0 N–H and O–H groups in total. The maximum atomic E-state index is 11.4. The van der Waals surface area contributed by atoms with E-state index in [-0.39, 0.29) is 64.2 Å². The molecule has 0 amide bonds. The van der Waals surface area contributed by atoms with E-state index in [1.807, 2.05) is 24.3 Å². The van der Waals surface area contributed by atoms with Crippen LogP contribution in [0.4, 0.5) is 11.4 Å². The van der Waals surface area contributed by atoms with Gasteiger partial charge < -0.3 is 33.0 Å². The van der Waals surface area contributed by atoms with Crippen LogP contribution in [0.3, 0.4) is 0 Å². The van der Waals surface area contributed by atoms with Crippen molar-refractivity contribution in [1.82, 2.24) is 0 Å². The Morgan fingerprint density at radius 2 is 1.29 bits per heavy atom. The molecule has 58 heavy (non-hydrogen) atoms. The molecule has 0 spiro atoms. The smallest absolute Gasteiger partial charge is 0.748 e. The first-order valence-electron chi connectivity index (χ1n) is 19.1. The summed E-state index contributed by atoms with van der Waals surface area (Å²) >= 11 is 7.22. The average Bonchev–Trinajstić information content (AvgIpc) is 3.48. The van der Waals surface area contributed by atoms with Crippen LogP contribution in [0.25, 0.3) is 0 Å². The van der Waals surface area contributed by atoms with Gasteiger partial charge in [0.15, 0.2) is 28.7 Å². The van der Waals surface area contributed by atoms with Crippen LogP contribution in [0.2, 0.25) is 0 Å². The molecular weight excluding hydrogens is 831 g/mol. The van der Waals surface area contributed by atoms with Crippen LogP contribution in [-0.4, -0.2) is 89.3 Å². The molecule has 0 atom stereocenters. The zero-order valence-electron chi connectivity index (χ0n) is 35.1. The number of benzene rings is 2. The van der Waals surface area contributed by atoms with Gasteiger partial charge in [-0.3, -0.25) is 0 Å². The fourth-order valence-corrected chi connectivity index (χ4v) is 9.57. The summed E-state index contributed by atoms with van der Waals surface area (Å²) < 4.78 is 92.8. The van der Waals surface area contributed by atoms with E-state index in [1.54, 1.807) is 28.4 Å². The van der Waals surface area contributed by atoms with Gasteiger partial charge in [-0.1, -0.05) is 37.6 Å². The number of halogens is 1. The van der Waals surface area contributed by atoms with Crippen molar-refractivity contribution in [2.45, 2.75) is 83.5 Å². The van der Waals surface area contributed by atoms with Crippen molar-refractivity contribution in [3.63, 3.8) is 0 Å². The van der Waals surface area contributed by atoms with Crippen molar-refractivity contribution in [1.29, 1.82) is 0 Å². The minimum absolute atomic E-state index is 0. The van der Waals surface area contributed by atoms with E-state index in [0.717, 1.165) is 64.3 Å². The fourth-order valence-electron chi connectivity index (χ4n) is 8.14. The summed E-state index contributed by atoms with van der Waals surface area (Å²) in [4.78, 5) is 2.16. The van der Waals surface area contributed by atoms with Crippen LogP contribution < -0.4 is 75.2 Å². The maximum Gasteiger partial charge on any atom is 1.00 e. The Bertz CT molecular complexity index is 2260. The predicted molar refractivity (Wildman–Crippen MR) is 222 cm³/mol. The largest absolute Gasteiger partial charge is 1.00 e. The Hall–Kier alpha value is -2.18. The number of fused-ring (bicyclic) bond motifs is 2. The standard InChI is InChI=1S/C42H55ClN2O10S2.K/c1-41(2)30-24-34(52-5)36(54-7)26-32(30)44(20-9-11-22-56(46,47)48)38(41)18-16-28-14-13-15-29(40(28)43)17-19-39-42(3,4)31-25-35(53-6)37(55-8)27-33(31)45(39)21-10-12-23-57(49,50)51;/h16-19,24-27H,9-15,20-23H2,1-8H3,(H-,46,47,48,49,50,51);/q;+1/p-1. The molecule has 2 heterocycles. The molecule has 5 rings (SSSR count). The van der Waals surface area contributed by atoms with E-state index < -0.39 is 42.6 Å². The van der Waals surface area contributed by atoms with Gasteiger partial charge >= 0.3 is 51.4 Å². The zero-order valence-corrected chi connectivity index (χ0v) is 40.6. The van der Waals surface area contributed by atoms with E-state index in [4.69, 9.17) is 30.5 Å². The van der Waals surface area contributed by atoms with Crippen molar-refractivity contribution in [2.24, 2.45) is 0 Å². The molecule has 12 nitrogen and oxygen atoms in total. The van der Waals surface area contributed by atoms with Gasteiger partial charge in [0.05, 0.1) is 60.2 Å². The summed E-state index contributed by atoms with van der Waals surface area (Å²) in [7, 11) is -2.28. The Morgan fingerprint density at radius 3 is 1.88 bits per heavy atom. The number of hydrogen-bond donors (Lipinski definition) is 0. The average molecular weight is 886 g/mol. The maximum absolute atomic E-state index is 11.4. The molecule has 3 aliphatic rings. The van der Waals surface area contributed by atoms with E-state index in [9.17, 15) is 25.9 Å². The summed E-state index contributed by atoms with van der Waals surface area (Å²) in [6, 6.07) is 7.84. The number of hydrogen-bond acceptors (Lipinski definition) is 11. The second-order valence-corrected chi connectivity index (χ2v) is 19.0. The summed E-state index contributed by atoms with van der Waals surface area (Å²) in [6.07, 6.45) is 12.2. The molecule has 1 aliphatic carbocycles. The molecule has 0 saturated heterocycles. The molecular formula is C42H54ClKN2O10S2. The minimum Gasteiger partial charge on any atom is -0.748 e. The summed E-state index contributed by atoms with van der Waals surface area (Å²) in [5.41, 5.74) is 6.93. The second-order valence-electron chi connectivity index (χ2n) is 15.6. The third-order valence-corrected chi connectivity index (χ3v) is 13.3. The van der Waals surface area contributed by atoms with Crippen molar-refractivity contribution < 1.29 is 101 Å². The monoisotopic (exact) mass is 884 g/mol. The SMILES string of the molecule is COc1cc2c(cc1OC)C(C)(C)/C(=C/C=C1\CCCC(/C=C/C3=[N+](CCCCS(=O)(=O)[O-])c4cc(OC)c(OC)cc4C3(C)C)=C1Cl)N2CCCCS(=O)(=O)[O-].[K+]. The number of allylic oxidation sites excluding steroid dienone is 8. The number of nitrogens with zero attached hydrogens (tertiary/aromatic N) is 2. The molecule has 2 aromatic rings. The van der Waals surface area contributed by atoms with Crippen LogP contribution in [-0.2, 0) is 31.1 Å². The van der Waals surface area contributed by atoms with Crippen LogP contribution in [0.5, 0.6) is 23.0 Å². The number of unbranched alkanes of at least 4 members (excludes halogenated alkanes) is 2. The third kappa shape index (κ3) is 10.8. The Kier molecular flexibility index (Phi) is 16.5. The number of methoxy groups -OCH3 is 4. The molecule has 16 heteroatoms. The summed E-state index contributed by atoms with van der Waals surface area (Å²) in [5, 5.41) is 0.669. The first-order valence-corrected chi connectivity index (χ1v) is 22.6. The van der Waals surface area contributed by atoms with Crippen molar-refractivity contribution >= 4 is 48.9 Å². The van der Waals surface area contributed by atoms with Gasteiger partial charge in [0, 0.05) is 64.0 Å².